The number of Topliss-reactive ketones (excluding diaryl/α,β-unsaturated/α-hetero) is 2. The quantitative estimate of drug-likeness (QED) is 0.190. The summed E-state index contributed by atoms with van der Waals surface area (Å²) < 4.78 is 0. The average Bonchev–Trinajstić information content (AvgIpc) is 2.85. The molecule has 11 heteroatoms. The molecule has 3 aliphatic rings. The van der Waals surface area contributed by atoms with Crippen LogP contribution in [-0.2, 0) is 16.0 Å². The van der Waals surface area contributed by atoms with E-state index in [9.17, 15) is 39.6 Å². The van der Waals surface area contributed by atoms with E-state index >= 15 is 0 Å². The average molecular weight is 602 g/mol. The second-order valence-electron chi connectivity index (χ2n) is 14.6. The highest BCUT2D eigenvalue weighted by molar-refractivity contribution is 6.10. The molecule has 0 aromatic heterocycles. The number of phenols is 1. The third-order valence-corrected chi connectivity index (χ3v) is 10.4. The van der Waals surface area contributed by atoms with Gasteiger partial charge < -0.3 is 36.8 Å². The highest BCUT2D eigenvalue weighted by Gasteiger charge is 2.76. The van der Waals surface area contributed by atoms with Gasteiger partial charge in [0.2, 0.25) is 5.91 Å². The van der Waals surface area contributed by atoms with Crippen molar-refractivity contribution in [2.24, 2.45) is 46.2 Å². The minimum absolute atomic E-state index is 0.0278. The fraction of sp³-hybridized carbons (Fsp3) is 0.688. The van der Waals surface area contributed by atoms with Crippen LogP contribution in [0.15, 0.2) is 6.07 Å². The van der Waals surface area contributed by atoms with E-state index in [2.05, 4.69) is 10.6 Å². The number of carbonyl (C=O) groups excluding carboxylic acids is 4. The largest absolute Gasteiger partial charge is 0.505 e. The molecule has 4 rings (SSSR count). The van der Waals surface area contributed by atoms with Crippen molar-refractivity contribution in [3.8, 4) is 5.75 Å². The van der Waals surface area contributed by atoms with Crippen molar-refractivity contribution >= 4 is 29.2 Å². The lowest BCUT2D eigenvalue weighted by Crippen LogP contribution is -2.79. The molecule has 0 spiro atoms. The molecule has 8 atom stereocenters. The summed E-state index contributed by atoms with van der Waals surface area (Å²) in [5.41, 5.74) is 1.78. The van der Waals surface area contributed by atoms with Gasteiger partial charge in [-0.05, 0) is 59.1 Å². The Hall–Kier alpha value is -3.02. The molecule has 3 aliphatic carbocycles. The number of carbonyl (C=O) groups is 4. The molecule has 11 nitrogen and oxygen atoms in total. The Morgan fingerprint density at radius 2 is 1.70 bits per heavy atom. The molecule has 8 N–H and O–H groups in total. The number of ketones is 2. The van der Waals surface area contributed by atoms with E-state index in [4.69, 9.17) is 5.73 Å². The number of aliphatic hydroxyl groups is 3. The Labute approximate surface area is 252 Å². The zero-order chi connectivity index (χ0) is 32.6. The zero-order valence-corrected chi connectivity index (χ0v) is 26.3. The number of nitrogens with two attached hydrogens (primary N) is 1. The number of rotatable bonds is 6. The smallest absolute Gasteiger partial charge is 0.319 e. The van der Waals surface area contributed by atoms with Gasteiger partial charge in [0.15, 0.2) is 17.2 Å². The number of phenolic OH excluding ortho intramolecular Hbond substituents is 1. The lowest BCUT2D eigenvalue weighted by molar-refractivity contribution is -0.265. The molecule has 0 heterocycles. The first-order chi connectivity index (χ1) is 19.7. The fourth-order valence-electron chi connectivity index (χ4n) is 8.70. The maximum Gasteiger partial charge on any atom is 0.319 e. The van der Waals surface area contributed by atoms with Crippen LogP contribution in [0.25, 0.3) is 0 Å². The Morgan fingerprint density at radius 3 is 2.21 bits per heavy atom. The Morgan fingerprint density at radius 1 is 1.09 bits per heavy atom. The lowest BCUT2D eigenvalue weighted by atomic mass is 9.39. The van der Waals surface area contributed by atoms with Gasteiger partial charge in [0.25, 0.3) is 0 Å². The summed E-state index contributed by atoms with van der Waals surface area (Å²) in [6, 6.07) is 1.10. The van der Waals surface area contributed by atoms with Crippen LogP contribution in [-0.4, -0.2) is 68.3 Å². The number of aromatic hydroxyl groups is 1. The molecular formula is C32H47N3O8. The molecule has 0 bridgehead atoms. The second kappa shape index (κ2) is 10.9. The van der Waals surface area contributed by atoms with Crippen molar-refractivity contribution < 1.29 is 39.6 Å². The van der Waals surface area contributed by atoms with Crippen molar-refractivity contribution in [2.45, 2.75) is 92.0 Å². The molecule has 2 fully saturated rings. The van der Waals surface area contributed by atoms with E-state index in [1.807, 2.05) is 34.6 Å². The normalized spacial score (nSPS) is 35.4. The first kappa shape index (κ1) is 32.9. The topological polar surface area (TPSA) is 199 Å². The van der Waals surface area contributed by atoms with Crippen molar-refractivity contribution in [1.29, 1.82) is 0 Å². The third-order valence-electron chi connectivity index (χ3n) is 10.4. The molecule has 2 saturated carbocycles. The zero-order valence-electron chi connectivity index (χ0n) is 26.3. The highest BCUT2D eigenvalue weighted by atomic mass is 16.4. The van der Waals surface area contributed by atoms with E-state index in [-0.39, 0.29) is 41.8 Å². The van der Waals surface area contributed by atoms with Gasteiger partial charge in [0.05, 0.1) is 23.3 Å². The van der Waals surface area contributed by atoms with E-state index < -0.39 is 75.6 Å². The predicted octanol–water partition coefficient (Wildman–Crippen LogP) is 2.47. The number of fused-ring (bicyclic) bond motifs is 3. The maximum atomic E-state index is 14.4. The van der Waals surface area contributed by atoms with Crippen molar-refractivity contribution in [2.75, 3.05) is 11.9 Å². The van der Waals surface area contributed by atoms with Crippen LogP contribution in [0.5, 0.6) is 5.75 Å². The summed E-state index contributed by atoms with van der Waals surface area (Å²) in [5, 5.41) is 52.3. The summed E-state index contributed by atoms with van der Waals surface area (Å²) in [5.74, 6) is -7.53. The van der Waals surface area contributed by atoms with Gasteiger partial charge in [-0.2, -0.15) is 0 Å². The van der Waals surface area contributed by atoms with Crippen LogP contribution in [0, 0.1) is 40.4 Å². The number of aliphatic hydroxyl groups excluding tert-OH is 2. The van der Waals surface area contributed by atoms with Crippen LogP contribution < -0.4 is 16.4 Å². The Bertz CT molecular complexity index is 1360. The van der Waals surface area contributed by atoms with Gasteiger partial charge in [-0.15, -0.1) is 0 Å². The van der Waals surface area contributed by atoms with Crippen LogP contribution in [0.3, 0.4) is 0 Å². The first-order valence-electron chi connectivity index (χ1n) is 15.1. The minimum Gasteiger partial charge on any atom is -0.505 e. The number of benzene rings is 1. The third kappa shape index (κ3) is 4.75. The summed E-state index contributed by atoms with van der Waals surface area (Å²) >= 11 is 0. The van der Waals surface area contributed by atoms with E-state index in [1.54, 1.807) is 26.8 Å². The van der Waals surface area contributed by atoms with Crippen molar-refractivity contribution in [3.63, 3.8) is 0 Å². The van der Waals surface area contributed by atoms with E-state index in [1.165, 1.54) is 0 Å². The van der Waals surface area contributed by atoms with Crippen molar-refractivity contribution in [3.05, 3.63) is 22.8 Å². The summed E-state index contributed by atoms with van der Waals surface area (Å²) in [6.45, 7) is 15.2. The molecular weight excluding hydrogens is 554 g/mol. The summed E-state index contributed by atoms with van der Waals surface area (Å²) in [6.07, 6.45) is -3.17. The van der Waals surface area contributed by atoms with Gasteiger partial charge in [-0.25, -0.2) is 4.79 Å². The van der Waals surface area contributed by atoms with Crippen LogP contribution in [0.2, 0.25) is 0 Å². The highest BCUT2D eigenvalue weighted by Crippen LogP contribution is 2.66. The number of anilines is 1. The molecule has 0 saturated heterocycles. The summed E-state index contributed by atoms with van der Waals surface area (Å²) in [7, 11) is 0. The molecule has 0 radical (unpaired) electrons. The SMILES string of the molecule is CC(C)CNC(=O)Nc1cc(C(C)C)c2c(c1O)C(=O)[C@@H]1C(O)[C@@]3(O)C(=O)[C@H](C(N)=O)C(O)[C@H](C(C)C)[C@@]3(C)C[C@@]1(C)C2. The molecule has 1 aromatic carbocycles. The number of amides is 3. The first-order valence-corrected chi connectivity index (χ1v) is 15.1. The lowest BCUT2D eigenvalue weighted by Gasteiger charge is -2.66. The molecule has 238 valence electrons. The Kier molecular flexibility index (Phi) is 8.30. The predicted molar refractivity (Wildman–Crippen MR) is 159 cm³/mol. The second-order valence-corrected chi connectivity index (χ2v) is 14.6. The molecule has 1 aromatic rings. The number of nitrogens with one attached hydrogen (secondary N) is 2. The minimum atomic E-state index is -2.58. The number of urea groups is 1. The van der Waals surface area contributed by atoms with Gasteiger partial charge in [-0.3, -0.25) is 14.4 Å². The number of hydrogen-bond acceptors (Lipinski definition) is 8. The van der Waals surface area contributed by atoms with E-state index in [0.717, 1.165) is 5.56 Å². The van der Waals surface area contributed by atoms with Crippen molar-refractivity contribution in [1.82, 2.24) is 5.32 Å². The maximum absolute atomic E-state index is 14.4. The standard InChI is InChI=1S/C32H47N3O8/c1-13(2)11-34-29(42)35-18-9-16(14(3)4)17-10-30(7)12-31(8)21(15(5)6)25(38)20(28(33)41)26(39)32(31,43)27(40)22(30)24(37)19(17)23(18)36/h9,13-15,20-22,25,27,36,38,40,43H,10-12H2,1-8H3,(H2,33,41)(H2,34,35,42)/t20-,21+,22-,25?,27?,30-,31-,32+/m1/s1. The van der Waals surface area contributed by atoms with Gasteiger partial charge in [-0.1, -0.05) is 55.4 Å². The molecule has 43 heavy (non-hydrogen) atoms. The van der Waals surface area contributed by atoms with Gasteiger partial charge >= 0.3 is 6.03 Å². The molecule has 2 unspecified atom stereocenters. The van der Waals surface area contributed by atoms with Gasteiger partial charge in [0, 0.05) is 12.0 Å². The Balaban J connectivity index is 1.90. The molecule has 3 amide bonds. The summed E-state index contributed by atoms with van der Waals surface area (Å²) in [4.78, 5) is 53.3. The van der Waals surface area contributed by atoms with Gasteiger partial charge in [0.1, 0.15) is 17.8 Å². The molecule has 0 aliphatic heterocycles. The van der Waals surface area contributed by atoms with Crippen LogP contribution in [0.1, 0.15) is 89.2 Å². The van der Waals surface area contributed by atoms with Crippen LogP contribution >= 0.6 is 0 Å². The van der Waals surface area contributed by atoms with Crippen LogP contribution in [0.4, 0.5) is 10.5 Å². The monoisotopic (exact) mass is 601 g/mol. The number of primary amides is 1. The number of hydrogen-bond donors (Lipinski definition) is 7. The van der Waals surface area contributed by atoms with E-state index in [0.29, 0.717) is 12.1 Å². The fourth-order valence-corrected chi connectivity index (χ4v) is 8.70.